The highest BCUT2D eigenvalue weighted by Gasteiger charge is 2.40. The van der Waals surface area contributed by atoms with Gasteiger partial charge in [0.05, 0.1) is 10.5 Å². The normalized spacial score (nSPS) is 20.4. The third-order valence-electron chi connectivity index (χ3n) is 3.90. The molecule has 6 nitrogen and oxygen atoms in total. The Morgan fingerprint density at radius 3 is 2.64 bits per heavy atom. The van der Waals surface area contributed by atoms with Crippen LogP contribution in [-0.2, 0) is 23.4 Å². The van der Waals surface area contributed by atoms with Crippen LogP contribution >= 0.6 is 24.0 Å². The maximum atomic E-state index is 12.1. The lowest BCUT2D eigenvalue weighted by atomic mass is 10.2. The molecule has 0 bridgehead atoms. The first-order chi connectivity index (χ1) is 9.75. The zero-order valence-corrected chi connectivity index (χ0v) is 16.7. The molecule has 0 aromatic carbocycles. The minimum atomic E-state index is -3.03. The van der Waals surface area contributed by atoms with E-state index in [1.54, 1.807) is 20.9 Å². The second-order valence-electron chi connectivity index (χ2n) is 6.09. The van der Waals surface area contributed by atoms with Crippen LogP contribution in [0.5, 0.6) is 0 Å². The van der Waals surface area contributed by atoms with Gasteiger partial charge in [-0.15, -0.1) is 24.0 Å². The van der Waals surface area contributed by atoms with Gasteiger partial charge in [-0.05, 0) is 25.5 Å². The summed E-state index contributed by atoms with van der Waals surface area (Å²) in [6.07, 6.45) is 4.04. The van der Waals surface area contributed by atoms with Crippen LogP contribution in [0.1, 0.15) is 19.4 Å². The smallest absolute Gasteiger partial charge is 0.193 e. The van der Waals surface area contributed by atoms with Crippen molar-refractivity contribution in [3.63, 3.8) is 0 Å². The first-order valence-corrected chi connectivity index (χ1v) is 8.69. The number of nitrogens with one attached hydrogen (secondary N) is 1. The lowest BCUT2D eigenvalue weighted by Gasteiger charge is -2.39. The van der Waals surface area contributed by atoms with Gasteiger partial charge in [-0.2, -0.15) is 0 Å². The summed E-state index contributed by atoms with van der Waals surface area (Å²) < 4.78 is 25.4. The Morgan fingerprint density at radius 2 is 2.14 bits per heavy atom. The molecule has 0 saturated carbocycles. The molecule has 0 atom stereocenters. The molecule has 0 radical (unpaired) electrons. The van der Waals surface area contributed by atoms with Crippen LogP contribution in [-0.4, -0.2) is 54.5 Å². The van der Waals surface area contributed by atoms with Gasteiger partial charge in [0.2, 0.25) is 0 Å². The Balaban J connectivity index is 0.00000242. The lowest BCUT2D eigenvalue weighted by molar-refractivity contribution is 0.353. The van der Waals surface area contributed by atoms with E-state index in [2.05, 4.69) is 10.3 Å². The number of aliphatic imine (C=N–C) groups is 1. The van der Waals surface area contributed by atoms with Gasteiger partial charge in [0.15, 0.2) is 15.8 Å². The Bertz CT molecular complexity index is 637. The third kappa shape index (κ3) is 4.15. The molecule has 2 rings (SSSR count). The second-order valence-corrected chi connectivity index (χ2v) is 8.83. The molecular weight excluding hydrogens is 415 g/mol. The summed E-state index contributed by atoms with van der Waals surface area (Å²) in [6, 6.07) is 2.05. The van der Waals surface area contributed by atoms with Crippen molar-refractivity contribution in [1.29, 1.82) is 0 Å². The third-order valence-corrected chi connectivity index (χ3v) is 6.43. The molecule has 0 unspecified atom stereocenters. The summed E-state index contributed by atoms with van der Waals surface area (Å²) in [5.41, 5.74) is 1.17. The van der Waals surface area contributed by atoms with Crippen molar-refractivity contribution in [3.8, 4) is 0 Å². The zero-order valence-electron chi connectivity index (χ0n) is 13.5. The van der Waals surface area contributed by atoms with Crippen molar-refractivity contribution in [2.24, 2.45) is 12.0 Å². The van der Waals surface area contributed by atoms with Crippen molar-refractivity contribution in [2.75, 3.05) is 25.9 Å². The highest BCUT2D eigenvalue weighted by Crippen LogP contribution is 2.23. The van der Waals surface area contributed by atoms with Crippen molar-refractivity contribution in [2.45, 2.75) is 25.1 Å². The van der Waals surface area contributed by atoms with E-state index in [-0.39, 0.29) is 29.7 Å². The van der Waals surface area contributed by atoms with Gasteiger partial charge in [-0.1, -0.05) is 0 Å². The quantitative estimate of drug-likeness (QED) is 0.427. The number of aromatic nitrogens is 1. The van der Waals surface area contributed by atoms with Crippen LogP contribution in [0, 0.1) is 0 Å². The van der Waals surface area contributed by atoms with Gasteiger partial charge < -0.3 is 14.8 Å². The fraction of sp³-hybridized carbons (Fsp3) is 0.643. The Labute approximate surface area is 149 Å². The summed E-state index contributed by atoms with van der Waals surface area (Å²) in [4.78, 5) is 6.29. The summed E-state index contributed by atoms with van der Waals surface area (Å²) in [5, 5.41) is 3.30. The van der Waals surface area contributed by atoms with Crippen LogP contribution < -0.4 is 5.32 Å². The molecule has 1 saturated heterocycles. The summed E-state index contributed by atoms with van der Waals surface area (Å²) >= 11 is 0. The van der Waals surface area contributed by atoms with Crippen molar-refractivity contribution >= 4 is 39.8 Å². The molecule has 1 aliphatic heterocycles. The SMILES string of the molecule is CN=C(NCc1ccn(C)c1)N1CCS(=O)(=O)C(C)(C)C1.I. The molecule has 1 aliphatic rings. The van der Waals surface area contributed by atoms with Gasteiger partial charge in [-0.3, -0.25) is 4.99 Å². The molecule has 2 heterocycles. The second kappa shape index (κ2) is 7.20. The van der Waals surface area contributed by atoms with Gasteiger partial charge in [0.25, 0.3) is 0 Å². The van der Waals surface area contributed by atoms with Crippen LogP contribution in [0.3, 0.4) is 0 Å². The Kier molecular flexibility index (Phi) is 6.31. The number of hydrogen-bond donors (Lipinski definition) is 1. The largest absolute Gasteiger partial charge is 0.357 e. The van der Waals surface area contributed by atoms with Gasteiger partial charge in [0, 0.05) is 46.1 Å². The van der Waals surface area contributed by atoms with E-state index in [0.717, 1.165) is 5.96 Å². The number of sulfone groups is 1. The monoisotopic (exact) mass is 440 g/mol. The maximum Gasteiger partial charge on any atom is 0.193 e. The number of halogens is 1. The Morgan fingerprint density at radius 1 is 1.45 bits per heavy atom. The van der Waals surface area contributed by atoms with E-state index in [1.165, 1.54) is 5.56 Å². The van der Waals surface area contributed by atoms with E-state index in [4.69, 9.17) is 0 Å². The standard InChI is InChI=1S/C14H24N4O2S.HI/c1-14(2)11-18(7-8-21(14,19)20)13(15-3)16-9-12-5-6-17(4)10-12;/h5-6,10H,7-9,11H2,1-4H3,(H,15,16);1H. The fourth-order valence-corrected chi connectivity index (χ4v) is 3.87. The number of aryl methyl sites for hydroxylation is 1. The van der Waals surface area contributed by atoms with Crippen LogP contribution in [0.2, 0.25) is 0 Å². The molecular formula is C14H25IN4O2S. The first-order valence-electron chi connectivity index (χ1n) is 7.04. The number of nitrogens with zero attached hydrogens (tertiary/aromatic N) is 3. The minimum Gasteiger partial charge on any atom is -0.357 e. The molecule has 1 aromatic rings. The maximum absolute atomic E-state index is 12.1. The number of rotatable bonds is 2. The van der Waals surface area contributed by atoms with E-state index in [9.17, 15) is 8.42 Å². The van der Waals surface area contributed by atoms with E-state index >= 15 is 0 Å². The molecule has 1 aromatic heterocycles. The number of guanidine groups is 1. The highest BCUT2D eigenvalue weighted by molar-refractivity contribution is 14.0. The van der Waals surface area contributed by atoms with Gasteiger partial charge >= 0.3 is 0 Å². The van der Waals surface area contributed by atoms with Crippen LogP contribution in [0.4, 0.5) is 0 Å². The zero-order chi connectivity index (χ0) is 15.7. The molecule has 0 aliphatic carbocycles. The summed E-state index contributed by atoms with van der Waals surface area (Å²) in [6.45, 7) is 5.18. The predicted octanol–water partition coefficient (Wildman–Crippen LogP) is 1.23. The molecule has 0 amide bonds. The lowest BCUT2D eigenvalue weighted by Crippen LogP contribution is -2.57. The van der Waals surface area contributed by atoms with Crippen molar-refractivity contribution in [1.82, 2.24) is 14.8 Å². The summed E-state index contributed by atoms with van der Waals surface area (Å²) in [5.74, 6) is 0.924. The fourth-order valence-electron chi connectivity index (χ4n) is 2.50. The van der Waals surface area contributed by atoms with E-state index in [0.29, 0.717) is 19.6 Å². The Hall–Kier alpha value is -0.770. The summed E-state index contributed by atoms with van der Waals surface area (Å²) in [7, 11) is 0.681. The molecule has 22 heavy (non-hydrogen) atoms. The number of hydrogen-bond acceptors (Lipinski definition) is 3. The molecule has 1 N–H and O–H groups in total. The first kappa shape index (κ1) is 19.3. The van der Waals surface area contributed by atoms with E-state index < -0.39 is 14.6 Å². The molecule has 8 heteroatoms. The molecule has 1 fully saturated rings. The topological polar surface area (TPSA) is 66.7 Å². The average molecular weight is 440 g/mol. The molecule has 0 spiro atoms. The highest BCUT2D eigenvalue weighted by atomic mass is 127. The van der Waals surface area contributed by atoms with E-state index in [1.807, 2.05) is 35.0 Å². The van der Waals surface area contributed by atoms with Crippen molar-refractivity contribution in [3.05, 3.63) is 24.0 Å². The van der Waals surface area contributed by atoms with Crippen molar-refractivity contribution < 1.29 is 8.42 Å². The van der Waals surface area contributed by atoms with Gasteiger partial charge in [-0.25, -0.2) is 8.42 Å². The molecule has 126 valence electrons. The minimum absolute atomic E-state index is 0. The average Bonchev–Trinajstić information content (AvgIpc) is 2.80. The van der Waals surface area contributed by atoms with Gasteiger partial charge in [0.1, 0.15) is 0 Å². The van der Waals surface area contributed by atoms with Crippen LogP contribution in [0.15, 0.2) is 23.5 Å². The van der Waals surface area contributed by atoms with Crippen LogP contribution in [0.25, 0.3) is 0 Å². The predicted molar refractivity (Wildman–Crippen MR) is 100 cm³/mol.